The van der Waals surface area contributed by atoms with E-state index >= 15 is 0 Å². The summed E-state index contributed by atoms with van der Waals surface area (Å²) in [6, 6.07) is 0. The van der Waals surface area contributed by atoms with Gasteiger partial charge in [0.2, 0.25) is 0 Å². The summed E-state index contributed by atoms with van der Waals surface area (Å²) in [5.41, 5.74) is 0. The summed E-state index contributed by atoms with van der Waals surface area (Å²) in [7, 11) is 0. The first kappa shape index (κ1) is 4.25. The zero-order chi connectivity index (χ0) is 3.41. The summed E-state index contributed by atoms with van der Waals surface area (Å²) in [5.74, 6) is 0. The van der Waals surface area contributed by atoms with E-state index in [4.69, 9.17) is 0 Å². The van der Waals surface area contributed by atoms with Crippen molar-refractivity contribution < 1.29 is 18.1 Å². The molecule has 0 fully saturated rings. The van der Waals surface area contributed by atoms with Crippen LogP contribution in [0.3, 0.4) is 0 Å². The average Bonchev–Trinajstić information content (AvgIpc) is 1.37. The van der Waals surface area contributed by atoms with Crippen LogP contribution in [-0.4, -0.2) is 4.57 Å². The Labute approximate surface area is 36.0 Å². The minimum atomic E-state index is 1.76. The van der Waals surface area contributed by atoms with Crippen molar-refractivity contribution in [3.05, 3.63) is 12.7 Å². The second-order valence-electron chi connectivity index (χ2n) is 0.354. The second-order valence-corrected chi connectivity index (χ2v) is 1.20. The Kier molecular flexibility index (Phi) is 3.45. The van der Waals surface area contributed by atoms with Gasteiger partial charge in [0.1, 0.15) is 0 Å². The molecule has 0 nitrogen and oxygen atoms in total. The van der Waals surface area contributed by atoms with Crippen LogP contribution in [0.2, 0.25) is 0 Å². The van der Waals surface area contributed by atoms with Gasteiger partial charge in [-0.1, -0.05) is 0 Å². The zero-order valence-electron chi connectivity index (χ0n) is 2.22. The molecule has 0 aromatic heterocycles. The third kappa shape index (κ3) is 2.25. The molecule has 0 aliphatic heterocycles. The van der Waals surface area contributed by atoms with Gasteiger partial charge in [-0.2, -0.15) is 0 Å². The molecule has 0 bridgehead atoms. The predicted molar refractivity (Wildman–Crippen MR) is 16.3 cm³/mol. The molecule has 0 unspecified atom stereocenters. The summed E-state index contributed by atoms with van der Waals surface area (Å²) in [6.07, 6.45) is 1.76. The fourth-order valence-electron chi connectivity index (χ4n) is 0. The van der Waals surface area contributed by atoms with Crippen LogP contribution in [0, 0.1) is 0 Å². The molecule has 1 heteroatoms. The maximum absolute atomic E-state index is 3.43. The van der Waals surface area contributed by atoms with Gasteiger partial charge in [-0.15, -0.1) is 0 Å². The molecular weight excluding hydrogens is 226 g/mol. The number of rotatable bonds is 1. The Bertz CT molecular complexity index is 24.3. The first-order valence-corrected chi connectivity index (χ1v) is 2.41. The van der Waals surface area contributed by atoms with Crippen LogP contribution in [0.5, 0.6) is 0 Å². The third-order valence-electron chi connectivity index (χ3n) is 0.0833. The van der Waals surface area contributed by atoms with E-state index in [9.17, 15) is 0 Å². The molecule has 0 amide bonds. The normalized spacial score (nSPS) is 5.25. The molecule has 0 spiro atoms. The van der Waals surface area contributed by atoms with Crippen LogP contribution < -0.4 is 0 Å². The molecule has 0 aromatic rings. The molecular formula is C3H4Os. The second kappa shape index (κ2) is 3.25. The monoisotopic (exact) mass is 232 g/mol. The van der Waals surface area contributed by atoms with Crippen LogP contribution in [0.4, 0.5) is 0 Å². The molecule has 0 heterocycles. The fraction of sp³-hybridized carbons (Fsp3) is 0. The van der Waals surface area contributed by atoms with Gasteiger partial charge in [0, 0.05) is 0 Å². The zero-order valence-corrected chi connectivity index (χ0v) is 4.76. The molecule has 0 radical (unpaired) electrons. The number of hydrogen-bond acceptors (Lipinski definition) is 0. The van der Waals surface area contributed by atoms with Gasteiger partial charge in [0.05, 0.1) is 0 Å². The summed E-state index contributed by atoms with van der Waals surface area (Å²) >= 11 is 1.78. The molecule has 0 aliphatic rings. The molecule has 0 saturated heterocycles. The van der Waals surface area contributed by atoms with E-state index in [2.05, 4.69) is 6.58 Å². The predicted octanol–water partition coefficient (Wildman–Crippen LogP) is 0.521. The van der Waals surface area contributed by atoms with Crippen molar-refractivity contribution in [1.82, 2.24) is 0 Å². The Morgan fingerprint density at radius 2 is 2.00 bits per heavy atom. The quantitative estimate of drug-likeness (QED) is 0.616. The van der Waals surface area contributed by atoms with E-state index in [1.807, 2.05) is 4.57 Å². The van der Waals surface area contributed by atoms with Gasteiger partial charge in [-0.05, 0) is 0 Å². The van der Waals surface area contributed by atoms with Gasteiger partial charge >= 0.3 is 35.4 Å². The van der Waals surface area contributed by atoms with E-state index in [-0.39, 0.29) is 0 Å². The van der Waals surface area contributed by atoms with Gasteiger partial charge in [0.15, 0.2) is 0 Å². The molecule has 0 saturated carbocycles. The van der Waals surface area contributed by atoms with E-state index in [1.165, 1.54) is 0 Å². The molecule has 0 aliphatic carbocycles. The molecule has 4 heavy (non-hydrogen) atoms. The molecule has 0 rings (SSSR count). The van der Waals surface area contributed by atoms with Crippen LogP contribution in [0.25, 0.3) is 0 Å². The minimum absolute atomic E-state index is 1.76. The molecule has 0 atom stereocenters. The van der Waals surface area contributed by atoms with E-state index in [0.29, 0.717) is 0 Å². The fourth-order valence-corrected chi connectivity index (χ4v) is 0. The molecule has 0 aromatic carbocycles. The van der Waals surface area contributed by atoms with Gasteiger partial charge in [0.25, 0.3) is 0 Å². The Hall–Kier alpha value is 0.246. The number of hydrogen-bond donors (Lipinski definition) is 0. The van der Waals surface area contributed by atoms with Gasteiger partial charge < -0.3 is 0 Å². The Morgan fingerprint density at radius 3 is 2.00 bits per heavy atom. The van der Waals surface area contributed by atoms with Crippen molar-refractivity contribution in [2.24, 2.45) is 0 Å². The van der Waals surface area contributed by atoms with Gasteiger partial charge in [-0.3, -0.25) is 0 Å². The van der Waals surface area contributed by atoms with Crippen molar-refractivity contribution >= 4 is 4.57 Å². The van der Waals surface area contributed by atoms with Crippen LogP contribution in [-0.2, 0) is 18.1 Å². The van der Waals surface area contributed by atoms with Crippen LogP contribution >= 0.6 is 0 Å². The summed E-state index contributed by atoms with van der Waals surface area (Å²) in [5, 5.41) is 0. The van der Waals surface area contributed by atoms with Crippen molar-refractivity contribution in [1.29, 1.82) is 0 Å². The average molecular weight is 230 g/mol. The standard InChI is InChI=1S/C3H4.Os/c1-3-2;/h1,3H,2H2;. The SMILES string of the molecule is C=C[CH]=[Os]. The van der Waals surface area contributed by atoms with Gasteiger partial charge in [-0.25, -0.2) is 0 Å². The third-order valence-corrected chi connectivity index (χ3v) is 0.682. The Balaban J connectivity index is 2.73. The summed E-state index contributed by atoms with van der Waals surface area (Å²) < 4.78 is 1.92. The first-order valence-electron chi connectivity index (χ1n) is 0.946. The molecule has 24 valence electrons. The van der Waals surface area contributed by atoms with E-state index < -0.39 is 0 Å². The van der Waals surface area contributed by atoms with Crippen molar-refractivity contribution in [3.8, 4) is 0 Å². The Morgan fingerprint density at radius 1 is 1.75 bits per heavy atom. The maximum atomic E-state index is 3.43. The van der Waals surface area contributed by atoms with Crippen molar-refractivity contribution in [3.63, 3.8) is 0 Å². The summed E-state index contributed by atoms with van der Waals surface area (Å²) in [6.45, 7) is 3.43. The first-order chi connectivity index (χ1) is 1.91. The summed E-state index contributed by atoms with van der Waals surface area (Å²) in [4.78, 5) is 0. The van der Waals surface area contributed by atoms with Crippen LogP contribution in [0.15, 0.2) is 12.7 Å². The van der Waals surface area contributed by atoms with E-state index in [0.717, 1.165) is 0 Å². The van der Waals surface area contributed by atoms with E-state index in [1.54, 1.807) is 24.2 Å². The molecule has 0 N–H and O–H groups in total. The van der Waals surface area contributed by atoms with Crippen molar-refractivity contribution in [2.45, 2.75) is 0 Å². The topological polar surface area (TPSA) is 0 Å². The number of allylic oxidation sites excluding steroid dienone is 1. The van der Waals surface area contributed by atoms with Crippen LogP contribution in [0.1, 0.15) is 0 Å². The van der Waals surface area contributed by atoms with Crippen molar-refractivity contribution in [2.75, 3.05) is 0 Å².